The highest BCUT2D eigenvalue weighted by molar-refractivity contribution is 7.99. The van der Waals surface area contributed by atoms with E-state index in [2.05, 4.69) is 15.5 Å². The normalized spacial score (nSPS) is 10.8. The van der Waals surface area contributed by atoms with Crippen molar-refractivity contribution in [2.24, 2.45) is 7.05 Å². The number of hydrogen-bond acceptors (Lipinski definition) is 5. The maximum Gasteiger partial charge on any atom is 0.234 e. The highest BCUT2D eigenvalue weighted by Gasteiger charge is 2.13. The van der Waals surface area contributed by atoms with Gasteiger partial charge in [-0.25, -0.2) is 4.39 Å². The van der Waals surface area contributed by atoms with Crippen LogP contribution in [0.3, 0.4) is 0 Å². The molecule has 3 rings (SSSR count). The standard InChI is InChI=1S/C16H14ClFN4OS2/c1-22-14(8-11-3-2-6-24-11)20-21-16(22)25-9-15(23)19-13-5-4-10(17)7-12(13)18/h2-7H,8-9H2,1H3,(H,19,23). The molecule has 0 radical (unpaired) electrons. The summed E-state index contributed by atoms with van der Waals surface area (Å²) in [7, 11) is 1.86. The van der Waals surface area contributed by atoms with Crippen LogP contribution in [-0.4, -0.2) is 26.4 Å². The molecule has 5 nitrogen and oxygen atoms in total. The molecule has 0 saturated carbocycles. The molecule has 0 aliphatic heterocycles. The predicted octanol–water partition coefficient (Wildman–Crippen LogP) is 3.99. The first-order chi connectivity index (χ1) is 12.0. The number of benzene rings is 1. The number of halogens is 2. The molecule has 9 heteroatoms. The highest BCUT2D eigenvalue weighted by atomic mass is 35.5. The Kier molecular flexibility index (Phi) is 5.72. The zero-order valence-corrected chi connectivity index (χ0v) is 15.6. The number of aromatic nitrogens is 3. The van der Waals surface area contributed by atoms with Crippen molar-refractivity contribution in [1.82, 2.24) is 14.8 Å². The Hall–Kier alpha value is -1.90. The Bertz CT molecular complexity index is 882. The maximum absolute atomic E-state index is 13.7. The van der Waals surface area contributed by atoms with Crippen LogP contribution in [0, 0.1) is 5.82 Å². The molecule has 2 heterocycles. The molecule has 130 valence electrons. The second-order valence-electron chi connectivity index (χ2n) is 5.17. The number of thioether (sulfide) groups is 1. The molecule has 3 aromatic rings. The predicted molar refractivity (Wildman–Crippen MR) is 98.9 cm³/mol. The number of hydrogen-bond donors (Lipinski definition) is 1. The molecular formula is C16H14ClFN4OS2. The van der Waals surface area contributed by atoms with Gasteiger partial charge in [0.1, 0.15) is 11.6 Å². The molecule has 0 aliphatic carbocycles. The summed E-state index contributed by atoms with van der Waals surface area (Å²) in [6.45, 7) is 0. The van der Waals surface area contributed by atoms with Gasteiger partial charge in [-0.2, -0.15) is 0 Å². The number of amides is 1. The van der Waals surface area contributed by atoms with E-state index in [-0.39, 0.29) is 22.4 Å². The Morgan fingerprint density at radius 1 is 1.40 bits per heavy atom. The van der Waals surface area contributed by atoms with E-state index in [4.69, 9.17) is 11.6 Å². The van der Waals surface area contributed by atoms with Gasteiger partial charge < -0.3 is 9.88 Å². The van der Waals surface area contributed by atoms with Gasteiger partial charge in [-0.1, -0.05) is 29.4 Å². The smallest absolute Gasteiger partial charge is 0.234 e. The molecule has 1 amide bonds. The van der Waals surface area contributed by atoms with E-state index >= 15 is 0 Å². The molecule has 1 N–H and O–H groups in total. The van der Waals surface area contributed by atoms with Gasteiger partial charge in [0, 0.05) is 23.4 Å². The van der Waals surface area contributed by atoms with E-state index in [0.29, 0.717) is 11.6 Å². The van der Waals surface area contributed by atoms with Gasteiger partial charge in [0.15, 0.2) is 5.16 Å². The van der Waals surface area contributed by atoms with Crippen molar-refractivity contribution in [3.05, 3.63) is 57.3 Å². The van der Waals surface area contributed by atoms with E-state index in [1.54, 1.807) is 11.3 Å². The zero-order valence-electron chi connectivity index (χ0n) is 13.2. The van der Waals surface area contributed by atoms with Gasteiger partial charge in [0.25, 0.3) is 0 Å². The van der Waals surface area contributed by atoms with Crippen LogP contribution in [0.5, 0.6) is 0 Å². The van der Waals surface area contributed by atoms with Crippen molar-refractivity contribution < 1.29 is 9.18 Å². The number of carbonyl (C=O) groups is 1. The number of nitrogens with one attached hydrogen (secondary N) is 1. The number of thiophene rings is 1. The summed E-state index contributed by atoms with van der Waals surface area (Å²) >= 11 is 8.60. The molecule has 2 aromatic heterocycles. The Morgan fingerprint density at radius 3 is 2.96 bits per heavy atom. The minimum Gasteiger partial charge on any atom is -0.323 e. The van der Waals surface area contributed by atoms with Crippen LogP contribution in [0.2, 0.25) is 5.02 Å². The molecule has 1 aromatic carbocycles. The van der Waals surface area contributed by atoms with Crippen molar-refractivity contribution in [3.8, 4) is 0 Å². The summed E-state index contributed by atoms with van der Waals surface area (Å²) in [4.78, 5) is 13.2. The highest BCUT2D eigenvalue weighted by Crippen LogP contribution is 2.21. The van der Waals surface area contributed by atoms with Crippen LogP contribution in [0.15, 0.2) is 40.9 Å². The van der Waals surface area contributed by atoms with Crippen LogP contribution >= 0.6 is 34.7 Å². The monoisotopic (exact) mass is 396 g/mol. The number of anilines is 1. The molecule has 0 saturated heterocycles. The Balaban J connectivity index is 1.58. The lowest BCUT2D eigenvalue weighted by atomic mass is 10.3. The van der Waals surface area contributed by atoms with Crippen LogP contribution in [0.25, 0.3) is 0 Å². The summed E-state index contributed by atoms with van der Waals surface area (Å²) in [5, 5.41) is 13.7. The Labute approximate surface area is 157 Å². The van der Waals surface area contributed by atoms with Crippen molar-refractivity contribution in [3.63, 3.8) is 0 Å². The van der Waals surface area contributed by atoms with Crippen molar-refractivity contribution in [1.29, 1.82) is 0 Å². The second-order valence-corrected chi connectivity index (χ2v) is 7.59. The molecule has 0 bridgehead atoms. The summed E-state index contributed by atoms with van der Waals surface area (Å²) in [6, 6.07) is 8.14. The van der Waals surface area contributed by atoms with E-state index in [1.165, 1.54) is 28.8 Å². The van der Waals surface area contributed by atoms with Crippen LogP contribution < -0.4 is 5.32 Å². The van der Waals surface area contributed by atoms with E-state index in [1.807, 2.05) is 29.1 Å². The third-order valence-corrected chi connectivity index (χ3v) is 5.51. The molecule has 0 aliphatic rings. The largest absolute Gasteiger partial charge is 0.323 e. The first kappa shape index (κ1) is 17.9. The van der Waals surface area contributed by atoms with Crippen molar-refractivity contribution in [2.75, 3.05) is 11.1 Å². The first-order valence-electron chi connectivity index (χ1n) is 7.31. The maximum atomic E-state index is 13.7. The number of nitrogens with zero attached hydrogens (tertiary/aromatic N) is 3. The average molecular weight is 397 g/mol. The molecule has 0 spiro atoms. The number of carbonyl (C=O) groups excluding carboxylic acids is 1. The number of rotatable bonds is 6. The van der Waals surface area contributed by atoms with Crippen LogP contribution in [-0.2, 0) is 18.3 Å². The molecule has 0 fully saturated rings. The summed E-state index contributed by atoms with van der Waals surface area (Å²) in [6.07, 6.45) is 0.698. The van der Waals surface area contributed by atoms with E-state index < -0.39 is 5.82 Å². The Morgan fingerprint density at radius 2 is 2.24 bits per heavy atom. The molecule has 0 atom stereocenters. The van der Waals surface area contributed by atoms with Crippen molar-refractivity contribution >= 4 is 46.3 Å². The lowest BCUT2D eigenvalue weighted by Crippen LogP contribution is -2.15. The zero-order chi connectivity index (χ0) is 17.8. The fourth-order valence-corrected chi connectivity index (χ4v) is 3.69. The van der Waals surface area contributed by atoms with Crippen LogP contribution in [0.4, 0.5) is 10.1 Å². The topological polar surface area (TPSA) is 59.8 Å². The van der Waals surface area contributed by atoms with Gasteiger partial charge in [-0.15, -0.1) is 21.5 Å². The summed E-state index contributed by atoms with van der Waals surface area (Å²) in [5.41, 5.74) is 0.103. The third kappa shape index (κ3) is 4.59. The van der Waals surface area contributed by atoms with Gasteiger partial charge in [0.2, 0.25) is 5.91 Å². The summed E-state index contributed by atoms with van der Waals surface area (Å²) < 4.78 is 15.6. The lowest BCUT2D eigenvalue weighted by Gasteiger charge is -2.06. The molecule has 0 unspecified atom stereocenters. The third-order valence-electron chi connectivity index (χ3n) is 3.38. The van der Waals surface area contributed by atoms with Crippen molar-refractivity contribution in [2.45, 2.75) is 11.6 Å². The summed E-state index contributed by atoms with van der Waals surface area (Å²) in [5.74, 6) is 0.0402. The minimum atomic E-state index is -0.567. The fraction of sp³-hybridized carbons (Fsp3) is 0.188. The first-order valence-corrected chi connectivity index (χ1v) is 9.55. The second kappa shape index (κ2) is 7.99. The van der Waals surface area contributed by atoms with Crippen LogP contribution in [0.1, 0.15) is 10.7 Å². The average Bonchev–Trinajstić information content (AvgIpc) is 3.20. The van der Waals surface area contributed by atoms with Gasteiger partial charge in [-0.05, 0) is 29.6 Å². The quantitative estimate of drug-likeness (QED) is 0.640. The fourth-order valence-electron chi connectivity index (χ4n) is 2.10. The minimum absolute atomic E-state index is 0.103. The van der Waals surface area contributed by atoms with Gasteiger partial charge in [-0.3, -0.25) is 4.79 Å². The molecule has 25 heavy (non-hydrogen) atoms. The van der Waals surface area contributed by atoms with E-state index in [0.717, 1.165) is 11.9 Å². The lowest BCUT2D eigenvalue weighted by molar-refractivity contribution is -0.113. The SMILES string of the molecule is Cn1c(Cc2cccs2)nnc1SCC(=O)Nc1ccc(Cl)cc1F. The van der Waals surface area contributed by atoms with E-state index in [9.17, 15) is 9.18 Å². The van der Waals surface area contributed by atoms with Gasteiger partial charge in [0.05, 0.1) is 11.4 Å². The van der Waals surface area contributed by atoms with Gasteiger partial charge >= 0.3 is 0 Å². The molecular weight excluding hydrogens is 383 g/mol.